The van der Waals surface area contributed by atoms with Gasteiger partial charge in [-0.25, -0.2) is 0 Å². The van der Waals surface area contributed by atoms with Gasteiger partial charge in [0.15, 0.2) is 17.3 Å². The molecule has 0 aliphatic carbocycles. The SMILES string of the molecule is COc1cc(/C=C/C(=O)c2ccc(OCC=C(C)C)cc2O)cc(OC)c1OC. The summed E-state index contributed by atoms with van der Waals surface area (Å²) in [7, 11) is 4.57. The first-order chi connectivity index (χ1) is 13.9. The standard InChI is InChI=1S/C23H26O6/c1-15(2)10-11-29-17-7-8-18(20(25)14-17)19(24)9-6-16-12-21(26-3)23(28-5)22(13-16)27-4/h6-10,12-14,25H,11H2,1-5H3/b9-6+. The molecule has 6 nitrogen and oxygen atoms in total. The van der Waals surface area contributed by atoms with Crippen molar-refractivity contribution in [2.75, 3.05) is 27.9 Å². The molecule has 154 valence electrons. The van der Waals surface area contributed by atoms with Crippen molar-refractivity contribution in [1.29, 1.82) is 0 Å². The van der Waals surface area contributed by atoms with Gasteiger partial charge in [-0.05, 0) is 55.8 Å². The van der Waals surface area contributed by atoms with Gasteiger partial charge in [-0.15, -0.1) is 0 Å². The lowest BCUT2D eigenvalue weighted by atomic mass is 10.1. The Bertz CT molecular complexity index is 898. The Morgan fingerprint density at radius 3 is 2.17 bits per heavy atom. The highest BCUT2D eigenvalue weighted by atomic mass is 16.5. The molecule has 0 unspecified atom stereocenters. The van der Waals surface area contributed by atoms with Gasteiger partial charge in [-0.3, -0.25) is 4.79 Å². The normalized spacial score (nSPS) is 10.5. The molecular formula is C23H26O6. The Balaban J connectivity index is 2.19. The number of benzene rings is 2. The highest BCUT2D eigenvalue weighted by molar-refractivity contribution is 6.08. The molecule has 0 aliphatic heterocycles. The van der Waals surface area contributed by atoms with Gasteiger partial charge in [-0.2, -0.15) is 0 Å². The average Bonchev–Trinajstić information content (AvgIpc) is 2.70. The fourth-order valence-electron chi connectivity index (χ4n) is 2.57. The number of methoxy groups -OCH3 is 3. The Kier molecular flexibility index (Phi) is 7.71. The van der Waals surface area contributed by atoms with Crippen molar-refractivity contribution >= 4 is 11.9 Å². The van der Waals surface area contributed by atoms with E-state index in [1.807, 2.05) is 19.9 Å². The number of ketones is 1. The first-order valence-corrected chi connectivity index (χ1v) is 9.01. The first-order valence-electron chi connectivity index (χ1n) is 9.01. The van der Waals surface area contributed by atoms with Gasteiger partial charge in [0.25, 0.3) is 0 Å². The monoisotopic (exact) mass is 398 g/mol. The highest BCUT2D eigenvalue weighted by Crippen LogP contribution is 2.38. The van der Waals surface area contributed by atoms with Gasteiger partial charge in [-0.1, -0.05) is 11.6 Å². The summed E-state index contributed by atoms with van der Waals surface area (Å²) in [6.07, 6.45) is 4.92. The lowest BCUT2D eigenvalue weighted by Gasteiger charge is -2.12. The smallest absolute Gasteiger partial charge is 0.203 e. The van der Waals surface area contributed by atoms with Crippen molar-refractivity contribution < 1.29 is 28.8 Å². The molecule has 2 rings (SSSR count). The van der Waals surface area contributed by atoms with Crippen LogP contribution in [0.4, 0.5) is 0 Å². The summed E-state index contributed by atoms with van der Waals surface area (Å²) in [5, 5.41) is 10.2. The lowest BCUT2D eigenvalue weighted by molar-refractivity contribution is 0.104. The van der Waals surface area contributed by atoms with Crippen molar-refractivity contribution in [3.63, 3.8) is 0 Å². The fraction of sp³-hybridized carbons (Fsp3) is 0.261. The number of ether oxygens (including phenoxy) is 4. The van der Waals surface area contributed by atoms with E-state index in [1.54, 1.807) is 24.3 Å². The lowest BCUT2D eigenvalue weighted by Crippen LogP contribution is -1.98. The third kappa shape index (κ3) is 5.78. The summed E-state index contributed by atoms with van der Waals surface area (Å²) >= 11 is 0. The van der Waals surface area contributed by atoms with Crippen molar-refractivity contribution in [2.24, 2.45) is 0 Å². The number of aromatic hydroxyl groups is 1. The molecular weight excluding hydrogens is 372 g/mol. The van der Waals surface area contributed by atoms with Gasteiger partial charge in [0, 0.05) is 6.07 Å². The van der Waals surface area contributed by atoms with Gasteiger partial charge >= 0.3 is 0 Å². The highest BCUT2D eigenvalue weighted by Gasteiger charge is 2.13. The van der Waals surface area contributed by atoms with Crippen LogP contribution in [0.15, 0.2) is 48.1 Å². The zero-order valence-corrected chi connectivity index (χ0v) is 17.3. The Hall–Kier alpha value is -3.41. The van der Waals surface area contributed by atoms with E-state index in [9.17, 15) is 9.90 Å². The predicted octanol–water partition coefficient (Wildman–Crippen LogP) is 4.66. The van der Waals surface area contributed by atoms with E-state index in [2.05, 4.69) is 0 Å². The molecule has 0 saturated carbocycles. The number of phenols is 1. The van der Waals surface area contributed by atoms with Crippen LogP contribution in [0.1, 0.15) is 29.8 Å². The van der Waals surface area contributed by atoms with Crippen molar-refractivity contribution in [2.45, 2.75) is 13.8 Å². The van der Waals surface area contributed by atoms with E-state index in [-0.39, 0.29) is 17.1 Å². The molecule has 0 radical (unpaired) electrons. The minimum atomic E-state index is -0.341. The molecule has 0 heterocycles. The van der Waals surface area contributed by atoms with Crippen LogP contribution < -0.4 is 18.9 Å². The van der Waals surface area contributed by atoms with Crippen LogP contribution in [0.25, 0.3) is 6.08 Å². The molecule has 1 N–H and O–H groups in total. The van der Waals surface area contributed by atoms with Crippen molar-refractivity contribution in [1.82, 2.24) is 0 Å². The topological polar surface area (TPSA) is 74.2 Å². The van der Waals surface area contributed by atoms with E-state index in [0.717, 1.165) is 5.57 Å². The second-order valence-electron chi connectivity index (χ2n) is 6.43. The molecule has 0 amide bonds. The van der Waals surface area contributed by atoms with E-state index in [4.69, 9.17) is 18.9 Å². The molecule has 0 spiro atoms. The molecule has 0 aromatic heterocycles. The van der Waals surface area contributed by atoms with Gasteiger partial charge in [0.05, 0.1) is 26.9 Å². The maximum absolute atomic E-state index is 12.5. The van der Waals surface area contributed by atoms with E-state index in [1.165, 1.54) is 39.5 Å². The van der Waals surface area contributed by atoms with Crippen LogP contribution in [0.2, 0.25) is 0 Å². The second-order valence-corrected chi connectivity index (χ2v) is 6.43. The minimum Gasteiger partial charge on any atom is -0.507 e. The Labute approximate surface area is 171 Å². The van der Waals surface area contributed by atoms with Crippen LogP contribution >= 0.6 is 0 Å². The number of allylic oxidation sites excluding steroid dienone is 2. The zero-order valence-electron chi connectivity index (χ0n) is 17.3. The molecule has 0 atom stereocenters. The molecule has 0 bridgehead atoms. The molecule has 6 heteroatoms. The predicted molar refractivity (Wildman–Crippen MR) is 112 cm³/mol. The third-order valence-electron chi connectivity index (χ3n) is 4.09. The van der Waals surface area contributed by atoms with Crippen molar-refractivity contribution in [3.05, 3.63) is 59.2 Å². The summed E-state index contributed by atoms with van der Waals surface area (Å²) in [5.41, 5.74) is 2.01. The van der Waals surface area contributed by atoms with Crippen LogP contribution in [0.5, 0.6) is 28.7 Å². The summed E-state index contributed by atoms with van der Waals surface area (Å²) in [5.74, 6) is 1.45. The van der Waals surface area contributed by atoms with E-state index >= 15 is 0 Å². The summed E-state index contributed by atoms with van der Waals surface area (Å²) < 4.78 is 21.4. The minimum absolute atomic E-state index is 0.140. The van der Waals surface area contributed by atoms with Crippen LogP contribution in [-0.2, 0) is 0 Å². The third-order valence-corrected chi connectivity index (χ3v) is 4.09. The largest absolute Gasteiger partial charge is 0.507 e. The van der Waals surface area contributed by atoms with Crippen LogP contribution in [0.3, 0.4) is 0 Å². The maximum atomic E-state index is 12.5. The fourth-order valence-corrected chi connectivity index (χ4v) is 2.57. The second kappa shape index (κ2) is 10.2. The van der Waals surface area contributed by atoms with Gasteiger partial charge in [0.2, 0.25) is 5.75 Å². The maximum Gasteiger partial charge on any atom is 0.203 e. The van der Waals surface area contributed by atoms with Crippen LogP contribution in [0, 0.1) is 0 Å². The first kappa shape index (κ1) is 21.9. The molecule has 2 aromatic rings. The average molecular weight is 398 g/mol. The number of phenolic OH excluding ortho intramolecular Hbond substituents is 1. The number of carbonyl (C=O) groups is 1. The zero-order chi connectivity index (χ0) is 21.4. The summed E-state index contributed by atoms with van der Waals surface area (Å²) in [4.78, 5) is 12.5. The van der Waals surface area contributed by atoms with Gasteiger partial charge < -0.3 is 24.1 Å². The number of hydrogen-bond donors (Lipinski definition) is 1. The van der Waals surface area contributed by atoms with Gasteiger partial charge in [0.1, 0.15) is 18.1 Å². The molecule has 0 aliphatic rings. The molecule has 2 aromatic carbocycles. The van der Waals surface area contributed by atoms with Crippen LogP contribution in [-0.4, -0.2) is 38.8 Å². The summed E-state index contributed by atoms with van der Waals surface area (Å²) in [6, 6.07) is 8.07. The summed E-state index contributed by atoms with van der Waals surface area (Å²) in [6.45, 7) is 4.35. The quantitative estimate of drug-likeness (QED) is 0.376. The Morgan fingerprint density at radius 1 is 1.00 bits per heavy atom. The number of rotatable bonds is 9. The molecule has 0 fully saturated rings. The van der Waals surface area contributed by atoms with E-state index in [0.29, 0.717) is 35.2 Å². The Morgan fingerprint density at radius 2 is 1.66 bits per heavy atom. The molecule has 0 saturated heterocycles. The number of hydrogen-bond acceptors (Lipinski definition) is 6. The molecule has 29 heavy (non-hydrogen) atoms. The van der Waals surface area contributed by atoms with Crippen molar-refractivity contribution in [3.8, 4) is 28.7 Å². The van der Waals surface area contributed by atoms with E-state index < -0.39 is 0 Å². The number of carbonyl (C=O) groups excluding carboxylic acids is 1.